The van der Waals surface area contributed by atoms with Crippen LogP contribution in [0.2, 0.25) is 0 Å². The van der Waals surface area contributed by atoms with Gasteiger partial charge in [0.05, 0.1) is 0 Å². The Bertz CT molecular complexity index is 354. The van der Waals surface area contributed by atoms with Crippen molar-refractivity contribution in [3.05, 3.63) is 35.9 Å². The zero-order chi connectivity index (χ0) is 11.1. The minimum absolute atomic E-state index is 0. The molecule has 0 spiro atoms. The van der Waals surface area contributed by atoms with Crippen LogP contribution in [-0.2, 0) is 9.63 Å². The second-order valence-corrected chi connectivity index (χ2v) is 2.66. The monoisotopic (exact) mass is 346 g/mol. The molecule has 0 heterocycles. The maximum Gasteiger partial charge on any atom is 2.00 e. The quantitative estimate of drug-likeness (QED) is 0.362. The summed E-state index contributed by atoms with van der Waals surface area (Å²) in [5, 5.41) is 12.2. The van der Waals surface area contributed by atoms with Crippen LogP contribution in [0.1, 0.15) is 12.5 Å². The number of hydrogen-bond acceptors (Lipinski definition) is 4. The van der Waals surface area contributed by atoms with Gasteiger partial charge in [-0.3, -0.25) is 10.0 Å². The molecule has 0 aliphatic heterocycles. The summed E-state index contributed by atoms with van der Waals surface area (Å²) in [5.74, 6) is -0.699. The summed E-state index contributed by atoms with van der Waals surface area (Å²) in [7, 11) is 0. The molecule has 80 valence electrons. The summed E-state index contributed by atoms with van der Waals surface area (Å²) < 4.78 is 0. The summed E-state index contributed by atoms with van der Waals surface area (Å²) >= 11 is 0. The molecule has 6 heteroatoms. The van der Waals surface area contributed by atoms with E-state index in [0.717, 1.165) is 0 Å². The van der Waals surface area contributed by atoms with Crippen LogP contribution in [0.25, 0.3) is 0 Å². The number of hydroxylamine groups is 1. The first-order chi connectivity index (χ1) is 7.29. The molecule has 0 aliphatic rings. The van der Waals surface area contributed by atoms with Gasteiger partial charge in [-0.25, -0.2) is 5.48 Å². The van der Waals surface area contributed by atoms with Crippen molar-refractivity contribution in [2.24, 2.45) is 5.16 Å². The van der Waals surface area contributed by atoms with E-state index in [1.54, 1.807) is 31.2 Å². The first-order valence-electron chi connectivity index (χ1n) is 4.49. The largest absolute Gasteiger partial charge is 2.00 e. The van der Waals surface area contributed by atoms with Crippen LogP contribution in [-0.4, -0.2) is 72.3 Å². The molecular weight excluding hydrogens is 333 g/mol. The fourth-order valence-electron chi connectivity index (χ4n) is 1.00. The van der Waals surface area contributed by atoms with Crippen molar-refractivity contribution < 1.29 is 14.8 Å². The summed E-state index contributed by atoms with van der Waals surface area (Å²) in [6.07, 6.45) is 0. The number of hydrogen-bond donors (Lipinski definition) is 2. The van der Waals surface area contributed by atoms with Gasteiger partial charge in [0.1, 0.15) is 6.61 Å². The molecule has 0 aliphatic carbocycles. The van der Waals surface area contributed by atoms with E-state index >= 15 is 0 Å². The Morgan fingerprint density at radius 3 is 2.56 bits per heavy atom. The third-order valence-corrected chi connectivity index (χ3v) is 1.65. The molecule has 1 amide bonds. The Morgan fingerprint density at radius 1 is 1.44 bits per heavy atom. The molecule has 0 saturated carbocycles. The van der Waals surface area contributed by atoms with E-state index in [4.69, 9.17) is 10.0 Å². The van der Waals surface area contributed by atoms with Gasteiger partial charge in [0.15, 0.2) is 5.71 Å². The average molecular weight is 346 g/mol. The van der Waals surface area contributed by atoms with Gasteiger partial charge < -0.3 is 4.84 Å². The molecular formula is C10H12BaN2O3+2. The molecule has 0 fully saturated rings. The third-order valence-electron chi connectivity index (χ3n) is 1.65. The van der Waals surface area contributed by atoms with E-state index in [9.17, 15) is 4.79 Å². The topological polar surface area (TPSA) is 70.9 Å². The predicted octanol–water partition coefficient (Wildman–Crippen LogP) is 0.552. The van der Waals surface area contributed by atoms with E-state index in [1.165, 1.54) is 5.48 Å². The molecule has 0 bridgehead atoms. The van der Waals surface area contributed by atoms with Crippen molar-refractivity contribution in [1.29, 1.82) is 0 Å². The van der Waals surface area contributed by atoms with Crippen LogP contribution in [0.3, 0.4) is 0 Å². The minimum atomic E-state index is -0.699. The van der Waals surface area contributed by atoms with E-state index < -0.39 is 5.91 Å². The summed E-state index contributed by atoms with van der Waals surface area (Å²) in [6.45, 7) is 2.11. The summed E-state index contributed by atoms with van der Waals surface area (Å²) in [5.41, 5.74) is 2.15. The van der Waals surface area contributed by atoms with Crippen molar-refractivity contribution in [2.75, 3.05) is 6.61 Å². The zero-order valence-corrected chi connectivity index (χ0v) is 13.5. The second kappa shape index (κ2) is 8.80. The average Bonchev–Trinajstić information content (AvgIpc) is 2.30. The molecule has 0 unspecified atom stereocenters. The minimum Gasteiger partial charge on any atom is -0.395 e. The molecule has 0 aromatic heterocycles. The summed E-state index contributed by atoms with van der Waals surface area (Å²) in [4.78, 5) is 16.0. The molecule has 2 N–H and O–H groups in total. The predicted molar refractivity (Wildman–Crippen MR) is 60.3 cm³/mol. The number of carbonyl (C=O) groups is 1. The molecule has 0 radical (unpaired) electrons. The zero-order valence-electron chi connectivity index (χ0n) is 9.01. The number of nitrogens with one attached hydrogen (secondary N) is 1. The van der Waals surface area contributed by atoms with Gasteiger partial charge in [-0.05, 0) is 6.92 Å². The van der Waals surface area contributed by atoms with Gasteiger partial charge >= 0.3 is 48.9 Å². The van der Waals surface area contributed by atoms with Gasteiger partial charge in [0, 0.05) is 5.56 Å². The molecule has 1 rings (SSSR count). The maximum absolute atomic E-state index is 11.2. The fourth-order valence-corrected chi connectivity index (χ4v) is 1.00. The number of amides is 1. The smallest absolute Gasteiger partial charge is 0.395 e. The van der Waals surface area contributed by atoms with Crippen molar-refractivity contribution in [3.63, 3.8) is 0 Å². The Kier molecular flexibility index (Phi) is 8.63. The van der Waals surface area contributed by atoms with Crippen LogP contribution in [0.5, 0.6) is 0 Å². The number of rotatable bonds is 4. The third kappa shape index (κ3) is 4.69. The first-order valence-corrected chi connectivity index (χ1v) is 4.49. The Morgan fingerprint density at radius 2 is 2.06 bits per heavy atom. The standard InChI is InChI=1S/C10H12N2O3.Ba/c1-2-15-12-9(10(13)11-14)8-6-4-3-5-7-8;/h3-7,14H,2H2,1H3,(H,11,13);/q;+2/b12-9-;. The van der Waals surface area contributed by atoms with Crippen LogP contribution in [0, 0.1) is 0 Å². The van der Waals surface area contributed by atoms with E-state index in [2.05, 4.69) is 5.16 Å². The van der Waals surface area contributed by atoms with Gasteiger partial charge in [0.25, 0.3) is 5.91 Å². The maximum atomic E-state index is 11.2. The SMILES string of the molecule is CCO/N=C(\C(=O)NO)c1ccccc1.[Ba+2]. The molecule has 0 atom stereocenters. The van der Waals surface area contributed by atoms with Crippen molar-refractivity contribution >= 4 is 60.5 Å². The normalized spacial score (nSPS) is 10.2. The Hall–Kier alpha value is -0.309. The van der Waals surface area contributed by atoms with Crippen molar-refractivity contribution in [1.82, 2.24) is 5.48 Å². The second-order valence-electron chi connectivity index (χ2n) is 2.66. The van der Waals surface area contributed by atoms with E-state index in [0.29, 0.717) is 12.2 Å². The first kappa shape index (κ1) is 15.7. The summed E-state index contributed by atoms with van der Waals surface area (Å²) in [6, 6.07) is 8.75. The fraction of sp³-hybridized carbons (Fsp3) is 0.200. The Balaban J connectivity index is 0.00000225. The molecule has 0 saturated heterocycles. The van der Waals surface area contributed by atoms with Crippen LogP contribution >= 0.6 is 0 Å². The molecule has 5 nitrogen and oxygen atoms in total. The van der Waals surface area contributed by atoms with Gasteiger partial charge in [-0.15, -0.1) is 0 Å². The van der Waals surface area contributed by atoms with Gasteiger partial charge in [-0.1, -0.05) is 35.5 Å². The van der Waals surface area contributed by atoms with Crippen LogP contribution in [0.4, 0.5) is 0 Å². The van der Waals surface area contributed by atoms with Gasteiger partial charge in [-0.2, -0.15) is 0 Å². The van der Waals surface area contributed by atoms with E-state index in [-0.39, 0.29) is 54.6 Å². The van der Waals surface area contributed by atoms with Crippen LogP contribution in [0.15, 0.2) is 35.5 Å². The molecule has 1 aromatic carbocycles. The number of nitrogens with zero attached hydrogens (tertiary/aromatic N) is 1. The van der Waals surface area contributed by atoms with Crippen molar-refractivity contribution in [2.45, 2.75) is 6.92 Å². The number of benzene rings is 1. The van der Waals surface area contributed by atoms with Gasteiger partial charge in [0.2, 0.25) is 0 Å². The Labute approximate surface area is 134 Å². The molecule has 1 aromatic rings. The number of oxime groups is 1. The molecule has 16 heavy (non-hydrogen) atoms. The number of carbonyl (C=O) groups excluding carboxylic acids is 1. The van der Waals surface area contributed by atoms with E-state index in [1.807, 2.05) is 6.07 Å². The van der Waals surface area contributed by atoms with Crippen molar-refractivity contribution in [3.8, 4) is 0 Å². The van der Waals surface area contributed by atoms with Crippen LogP contribution < -0.4 is 5.48 Å².